The second kappa shape index (κ2) is 33.5. The predicted octanol–water partition coefficient (Wildman–Crippen LogP) is 13.7. The molecule has 1 amide bonds. The molecule has 0 radical (unpaired) electrons. The molecular formula is C42H76N2OS. The molecule has 46 heavy (non-hydrogen) atoms. The van der Waals surface area contributed by atoms with Gasteiger partial charge in [-0.3, -0.25) is 10.1 Å². The fourth-order valence-electron chi connectivity index (χ4n) is 6.50. The Balaban J connectivity index is 2.17. The monoisotopic (exact) mass is 657 g/mol. The Kier molecular flexibility index (Phi) is 31.0. The average Bonchev–Trinajstić information content (AvgIpc) is 3.07. The van der Waals surface area contributed by atoms with E-state index in [0.29, 0.717) is 10.7 Å². The van der Waals surface area contributed by atoms with E-state index in [9.17, 15) is 4.79 Å². The van der Waals surface area contributed by atoms with Gasteiger partial charge >= 0.3 is 0 Å². The molecule has 0 unspecified atom stereocenters. The number of hydrogen-bond donors (Lipinski definition) is 1. The summed E-state index contributed by atoms with van der Waals surface area (Å²) >= 11 is 5.76. The second-order valence-corrected chi connectivity index (χ2v) is 14.4. The quantitative estimate of drug-likeness (QED) is 0.0603. The van der Waals surface area contributed by atoms with Crippen molar-refractivity contribution in [3.8, 4) is 0 Å². The zero-order valence-electron chi connectivity index (χ0n) is 30.8. The molecule has 0 saturated heterocycles. The Labute approximate surface area is 292 Å². The molecule has 0 aliphatic carbocycles. The highest BCUT2D eigenvalue weighted by molar-refractivity contribution is 7.80. The summed E-state index contributed by atoms with van der Waals surface area (Å²) in [6.07, 6.45) is 41.3. The minimum Gasteiger partial charge on any atom is -0.349 e. The van der Waals surface area contributed by atoms with Crippen molar-refractivity contribution in [2.24, 2.45) is 0 Å². The minimum absolute atomic E-state index is 0.0939. The van der Waals surface area contributed by atoms with E-state index in [2.05, 4.69) is 24.1 Å². The molecule has 0 bridgehead atoms. The average molecular weight is 657 g/mol. The Morgan fingerprint density at radius 1 is 0.478 bits per heavy atom. The van der Waals surface area contributed by atoms with Crippen LogP contribution in [0.4, 0.5) is 0 Å². The largest absolute Gasteiger partial charge is 0.349 e. The van der Waals surface area contributed by atoms with Crippen LogP contribution in [0.15, 0.2) is 30.3 Å². The lowest BCUT2D eigenvalue weighted by atomic mass is 10.0. The zero-order valence-corrected chi connectivity index (χ0v) is 31.6. The maximum Gasteiger partial charge on any atom is 0.257 e. The van der Waals surface area contributed by atoms with E-state index < -0.39 is 0 Å². The highest BCUT2D eigenvalue weighted by Crippen LogP contribution is 2.16. The molecule has 1 N–H and O–H groups in total. The van der Waals surface area contributed by atoms with Gasteiger partial charge in [-0.1, -0.05) is 212 Å². The molecule has 1 aromatic rings. The van der Waals surface area contributed by atoms with Crippen molar-refractivity contribution in [2.45, 2.75) is 206 Å². The van der Waals surface area contributed by atoms with Crippen LogP contribution in [0.3, 0.4) is 0 Å². The fourth-order valence-corrected chi connectivity index (χ4v) is 6.78. The summed E-state index contributed by atoms with van der Waals surface area (Å²) in [4.78, 5) is 15.0. The van der Waals surface area contributed by atoms with Gasteiger partial charge in [0.1, 0.15) is 0 Å². The molecule has 0 aliphatic heterocycles. The summed E-state index contributed by atoms with van der Waals surface area (Å²) in [5, 5.41) is 3.62. The topological polar surface area (TPSA) is 32.3 Å². The van der Waals surface area contributed by atoms with Gasteiger partial charge < -0.3 is 4.90 Å². The molecule has 0 atom stereocenters. The van der Waals surface area contributed by atoms with Crippen molar-refractivity contribution in [3.05, 3.63) is 35.9 Å². The normalized spacial score (nSPS) is 11.2. The minimum atomic E-state index is -0.0939. The van der Waals surface area contributed by atoms with Gasteiger partial charge in [0.15, 0.2) is 5.11 Å². The number of nitrogens with one attached hydrogen (secondary N) is 1. The third-order valence-corrected chi connectivity index (χ3v) is 9.97. The third-order valence-electron chi connectivity index (χ3n) is 9.61. The second-order valence-electron chi connectivity index (χ2n) is 14.0. The first-order chi connectivity index (χ1) is 22.7. The maximum absolute atomic E-state index is 12.8. The molecule has 0 saturated carbocycles. The van der Waals surface area contributed by atoms with Crippen LogP contribution in [0.25, 0.3) is 0 Å². The molecule has 1 aromatic carbocycles. The highest BCUT2D eigenvalue weighted by Gasteiger charge is 2.13. The third kappa shape index (κ3) is 26.6. The number of benzene rings is 1. The van der Waals surface area contributed by atoms with Crippen molar-refractivity contribution < 1.29 is 4.79 Å². The Hall–Kier alpha value is -1.42. The summed E-state index contributed by atoms with van der Waals surface area (Å²) < 4.78 is 0. The van der Waals surface area contributed by atoms with E-state index >= 15 is 0 Å². The molecule has 0 fully saturated rings. The van der Waals surface area contributed by atoms with Gasteiger partial charge in [-0.2, -0.15) is 0 Å². The van der Waals surface area contributed by atoms with E-state index in [1.165, 1.54) is 180 Å². The molecule has 0 spiro atoms. The Morgan fingerprint density at radius 2 is 0.761 bits per heavy atom. The maximum atomic E-state index is 12.8. The lowest BCUT2D eigenvalue weighted by Gasteiger charge is -2.25. The Morgan fingerprint density at radius 3 is 1.07 bits per heavy atom. The first-order valence-electron chi connectivity index (χ1n) is 20.3. The summed E-state index contributed by atoms with van der Waals surface area (Å²) in [6.45, 7) is 6.48. The van der Waals surface area contributed by atoms with Gasteiger partial charge in [0.25, 0.3) is 5.91 Å². The van der Waals surface area contributed by atoms with Crippen LogP contribution in [0.2, 0.25) is 0 Å². The first kappa shape index (κ1) is 42.6. The van der Waals surface area contributed by atoms with Crippen molar-refractivity contribution in [1.29, 1.82) is 0 Å². The molecule has 266 valence electrons. The van der Waals surface area contributed by atoms with Crippen molar-refractivity contribution in [2.75, 3.05) is 13.1 Å². The van der Waals surface area contributed by atoms with Gasteiger partial charge in [0.2, 0.25) is 0 Å². The molecule has 1 rings (SSSR count). The van der Waals surface area contributed by atoms with Crippen LogP contribution in [0, 0.1) is 0 Å². The molecule has 4 heteroatoms. The number of amides is 1. The number of thiocarbonyl (C=S) groups is 1. The van der Waals surface area contributed by atoms with E-state index in [1.54, 1.807) is 0 Å². The molecule has 3 nitrogen and oxygen atoms in total. The standard InChI is InChI=1S/C42H76N2OS/c1-3-5-7-9-11-13-15-17-19-21-23-25-27-29-34-38-44(42(46)43-41(45)40-36-32-31-33-37-40)39-35-30-28-26-24-22-20-18-16-14-12-10-8-6-4-2/h31-33,36-37H,3-30,34-35,38-39H2,1-2H3,(H,43,45,46). The van der Waals surface area contributed by atoms with Gasteiger partial charge in [-0.25, -0.2) is 0 Å². The summed E-state index contributed by atoms with van der Waals surface area (Å²) in [6, 6.07) is 9.45. The van der Waals surface area contributed by atoms with Gasteiger partial charge in [0.05, 0.1) is 0 Å². The number of nitrogens with zero attached hydrogens (tertiary/aromatic N) is 1. The number of hydrogen-bond acceptors (Lipinski definition) is 2. The lowest BCUT2D eigenvalue weighted by molar-refractivity contribution is 0.0973. The molecule has 0 heterocycles. The summed E-state index contributed by atoms with van der Waals surface area (Å²) in [5.74, 6) is -0.0939. The SMILES string of the molecule is CCCCCCCCCCCCCCCCCN(CCCCCCCCCCCCCCCCC)C(=S)NC(=O)c1ccccc1. The lowest BCUT2D eigenvalue weighted by Crippen LogP contribution is -2.43. The van der Waals surface area contributed by atoms with E-state index in [1.807, 2.05) is 30.3 Å². The van der Waals surface area contributed by atoms with Crippen molar-refractivity contribution in [3.63, 3.8) is 0 Å². The fraction of sp³-hybridized carbons (Fsp3) is 0.810. The number of rotatable bonds is 33. The van der Waals surface area contributed by atoms with Gasteiger partial charge in [0, 0.05) is 18.7 Å². The molecular weight excluding hydrogens is 581 g/mol. The highest BCUT2D eigenvalue weighted by atomic mass is 32.1. The molecule has 0 aliphatic rings. The van der Waals surface area contributed by atoms with Crippen LogP contribution in [0.1, 0.15) is 217 Å². The van der Waals surface area contributed by atoms with Gasteiger partial charge in [-0.15, -0.1) is 0 Å². The van der Waals surface area contributed by atoms with Crippen LogP contribution < -0.4 is 5.32 Å². The van der Waals surface area contributed by atoms with Crippen molar-refractivity contribution >= 4 is 23.2 Å². The van der Waals surface area contributed by atoms with Gasteiger partial charge in [-0.05, 0) is 37.2 Å². The number of unbranched alkanes of at least 4 members (excludes halogenated alkanes) is 28. The van der Waals surface area contributed by atoms with Crippen molar-refractivity contribution in [1.82, 2.24) is 10.2 Å². The van der Waals surface area contributed by atoms with E-state index in [0.717, 1.165) is 25.9 Å². The molecule has 0 aromatic heterocycles. The smallest absolute Gasteiger partial charge is 0.257 e. The number of carbonyl (C=O) groups is 1. The summed E-state index contributed by atoms with van der Waals surface area (Å²) in [5.41, 5.74) is 0.670. The van der Waals surface area contributed by atoms with Crippen LogP contribution in [-0.2, 0) is 0 Å². The summed E-state index contributed by atoms with van der Waals surface area (Å²) in [7, 11) is 0. The van der Waals surface area contributed by atoms with Crippen LogP contribution in [0.5, 0.6) is 0 Å². The van der Waals surface area contributed by atoms with E-state index in [4.69, 9.17) is 12.2 Å². The number of carbonyl (C=O) groups excluding carboxylic acids is 1. The van der Waals surface area contributed by atoms with Crippen LogP contribution in [-0.4, -0.2) is 29.0 Å². The Bertz CT molecular complexity index is 764. The first-order valence-corrected chi connectivity index (χ1v) is 20.7. The van der Waals surface area contributed by atoms with E-state index in [-0.39, 0.29) is 5.91 Å². The van der Waals surface area contributed by atoms with Crippen LogP contribution >= 0.6 is 12.2 Å². The predicted molar refractivity (Wildman–Crippen MR) is 208 cm³/mol. The zero-order chi connectivity index (χ0) is 33.2.